The Morgan fingerprint density at radius 1 is 1.22 bits per heavy atom. The molecule has 3 atom stereocenters. The highest BCUT2D eigenvalue weighted by Gasteiger charge is 2.42. The molecule has 0 aliphatic carbocycles. The van der Waals surface area contributed by atoms with Gasteiger partial charge in [0.25, 0.3) is 5.91 Å². The normalized spacial score (nSPS) is 21.0. The van der Waals surface area contributed by atoms with E-state index >= 15 is 0 Å². The van der Waals surface area contributed by atoms with E-state index in [0.717, 1.165) is 5.69 Å². The average molecular weight is 496 g/mol. The van der Waals surface area contributed by atoms with Crippen molar-refractivity contribution in [2.75, 3.05) is 20.1 Å². The number of hydrogen-bond acceptors (Lipinski definition) is 7. The number of likely N-dealkylation sites (N-methyl/N-ethyl adjacent to an activating group) is 1. The second-order valence-corrected chi connectivity index (χ2v) is 8.97. The number of benzene rings is 1. The number of imidazole rings is 1. The SMILES string of the molecule is CN1C(=O)N(C(=O)c2ccccc2)C(=O)CC1CNC(=O)[C@@H]1CCCN1C(=O)[C@@H](N)Cc1cnc[nH]1. The number of aromatic nitrogens is 2. The maximum atomic E-state index is 13.0. The van der Waals surface area contributed by atoms with Gasteiger partial charge in [-0.3, -0.25) is 19.2 Å². The van der Waals surface area contributed by atoms with Gasteiger partial charge in [0.1, 0.15) is 6.04 Å². The van der Waals surface area contributed by atoms with Crippen molar-refractivity contribution in [3.8, 4) is 0 Å². The lowest BCUT2D eigenvalue weighted by molar-refractivity contribution is -0.139. The van der Waals surface area contributed by atoms with Crippen LogP contribution in [0, 0.1) is 0 Å². The van der Waals surface area contributed by atoms with E-state index in [-0.39, 0.29) is 36.8 Å². The Kier molecular flexibility index (Phi) is 7.44. The first-order chi connectivity index (χ1) is 17.3. The van der Waals surface area contributed by atoms with E-state index in [2.05, 4.69) is 15.3 Å². The summed E-state index contributed by atoms with van der Waals surface area (Å²) in [5.74, 6) is -2.01. The number of carbonyl (C=O) groups excluding carboxylic acids is 5. The van der Waals surface area contributed by atoms with Gasteiger partial charge in [0.15, 0.2) is 0 Å². The molecule has 2 aliphatic rings. The van der Waals surface area contributed by atoms with Gasteiger partial charge in [-0.05, 0) is 25.0 Å². The second-order valence-electron chi connectivity index (χ2n) is 8.97. The molecule has 0 radical (unpaired) electrons. The standard InChI is InChI=1S/C24H29N7O5/c1-29-17(11-20(32)31(24(29)36)22(34)15-6-3-2-4-7-15)13-27-21(33)19-8-5-9-30(19)23(35)18(25)10-16-12-26-14-28-16/h2-4,6-7,12,14,17-19H,5,8-11,13,25H2,1H3,(H,26,28)(H,27,33)/t17?,18-,19-/m0/s1. The molecular weight excluding hydrogens is 466 g/mol. The molecular formula is C24H29N7O5. The highest BCUT2D eigenvalue weighted by molar-refractivity contribution is 6.17. The number of urea groups is 1. The fourth-order valence-corrected chi connectivity index (χ4v) is 4.54. The van der Waals surface area contributed by atoms with Gasteiger partial charge in [0.05, 0.1) is 18.4 Å². The van der Waals surface area contributed by atoms with Gasteiger partial charge >= 0.3 is 6.03 Å². The van der Waals surface area contributed by atoms with Crippen molar-refractivity contribution in [2.24, 2.45) is 5.73 Å². The number of likely N-dealkylation sites (tertiary alicyclic amines) is 1. The largest absolute Gasteiger partial charge is 0.352 e. The zero-order valence-corrected chi connectivity index (χ0v) is 19.9. The van der Waals surface area contributed by atoms with Crippen LogP contribution < -0.4 is 11.1 Å². The van der Waals surface area contributed by atoms with E-state index in [1.54, 1.807) is 24.4 Å². The van der Waals surface area contributed by atoms with Crippen LogP contribution in [0.2, 0.25) is 0 Å². The Morgan fingerprint density at radius 3 is 2.67 bits per heavy atom. The third-order valence-electron chi connectivity index (χ3n) is 6.59. The molecule has 0 bridgehead atoms. The molecule has 12 heteroatoms. The molecule has 4 rings (SSSR count). The fraction of sp³-hybridized carbons (Fsp3) is 0.417. The Balaban J connectivity index is 1.34. The summed E-state index contributed by atoms with van der Waals surface area (Å²) in [5, 5.41) is 2.77. The van der Waals surface area contributed by atoms with Crippen molar-refractivity contribution >= 4 is 29.7 Å². The molecule has 2 aliphatic heterocycles. The molecule has 1 aromatic carbocycles. The molecule has 190 valence electrons. The van der Waals surface area contributed by atoms with Gasteiger partial charge in [0.2, 0.25) is 17.7 Å². The van der Waals surface area contributed by atoms with Crippen LogP contribution in [0.25, 0.3) is 0 Å². The molecule has 3 heterocycles. The summed E-state index contributed by atoms with van der Waals surface area (Å²) in [6, 6.07) is 5.23. The number of rotatable bonds is 7. The quantitative estimate of drug-likeness (QED) is 0.451. The summed E-state index contributed by atoms with van der Waals surface area (Å²) >= 11 is 0. The number of aromatic amines is 1. The van der Waals surface area contributed by atoms with E-state index in [1.165, 1.54) is 35.3 Å². The minimum absolute atomic E-state index is 0.0128. The van der Waals surface area contributed by atoms with Crippen molar-refractivity contribution in [3.05, 3.63) is 54.1 Å². The molecule has 2 aromatic rings. The first kappa shape index (κ1) is 25.0. The van der Waals surface area contributed by atoms with Gasteiger partial charge < -0.3 is 25.8 Å². The van der Waals surface area contributed by atoms with Gasteiger partial charge in [-0.2, -0.15) is 4.90 Å². The zero-order chi connectivity index (χ0) is 25.8. The monoisotopic (exact) mass is 495 g/mol. The summed E-state index contributed by atoms with van der Waals surface area (Å²) in [5.41, 5.74) is 7.04. The molecule has 12 nitrogen and oxygen atoms in total. The van der Waals surface area contributed by atoms with Gasteiger partial charge in [-0.25, -0.2) is 9.78 Å². The number of nitrogens with one attached hydrogen (secondary N) is 2. The molecule has 0 saturated carbocycles. The summed E-state index contributed by atoms with van der Waals surface area (Å²) in [7, 11) is 1.48. The van der Waals surface area contributed by atoms with Crippen LogP contribution in [-0.4, -0.2) is 92.6 Å². The van der Waals surface area contributed by atoms with Gasteiger partial charge in [0, 0.05) is 50.4 Å². The van der Waals surface area contributed by atoms with Crippen LogP contribution in [0.4, 0.5) is 4.79 Å². The van der Waals surface area contributed by atoms with Crippen molar-refractivity contribution < 1.29 is 24.0 Å². The first-order valence-electron chi connectivity index (χ1n) is 11.8. The molecule has 2 saturated heterocycles. The first-order valence-corrected chi connectivity index (χ1v) is 11.8. The topological polar surface area (TPSA) is 162 Å². The van der Waals surface area contributed by atoms with Crippen molar-refractivity contribution in [1.82, 2.24) is 30.0 Å². The molecule has 2 fully saturated rings. The van der Waals surface area contributed by atoms with E-state index in [9.17, 15) is 24.0 Å². The number of imide groups is 3. The van der Waals surface area contributed by atoms with Crippen LogP contribution in [0.5, 0.6) is 0 Å². The van der Waals surface area contributed by atoms with Crippen molar-refractivity contribution in [1.29, 1.82) is 0 Å². The van der Waals surface area contributed by atoms with Crippen LogP contribution in [0.15, 0.2) is 42.9 Å². The maximum absolute atomic E-state index is 13.0. The van der Waals surface area contributed by atoms with Crippen LogP contribution in [0.1, 0.15) is 35.3 Å². The highest BCUT2D eigenvalue weighted by atomic mass is 16.2. The lowest BCUT2D eigenvalue weighted by Gasteiger charge is -2.37. The number of nitrogens with two attached hydrogens (primary N) is 1. The van der Waals surface area contributed by atoms with Gasteiger partial charge in [-0.1, -0.05) is 18.2 Å². The predicted octanol–water partition coefficient (Wildman–Crippen LogP) is -0.120. The Morgan fingerprint density at radius 2 is 1.97 bits per heavy atom. The Bertz CT molecular complexity index is 1140. The van der Waals surface area contributed by atoms with Gasteiger partial charge in [-0.15, -0.1) is 0 Å². The highest BCUT2D eigenvalue weighted by Crippen LogP contribution is 2.21. The number of amides is 6. The summed E-state index contributed by atoms with van der Waals surface area (Å²) in [4.78, 5) is 74.3. The molecule has 6 amide bonds. The number of H-pyrrole nitrogens is 1. The predicted molar refractivity (Wildman–Crippen MR) is 127 cm³/mol. The third-order valence-corrected chi connectivity index (χ3v) is 6.59. The minimum Gasteiger partial charge on any atom is -0.352 e. The van der Waals surface area contributed by atoms with E-state index in [0.29, 0.717) is 24.3 Å². The number of nitrogens with zero attached hydrogens (tertiary/aromatic N) is 4. The Hall–Kier alpha value is -4.06. The van der Waals surface area contributed by atoms with Crippen LogP contribution >= 0.6 is 0 Å². The van der Waals surface area contributed by atoms with E-state index in [1.807, 2.05) is 0 Å². The summed E-state index contributed by atoms with van der Waals surface area (Å²) in [6.07, 6.45) is 4.41. The average Bonchev–Trinajstić information content (AvgIpc) is 3.57. The molecule has 36 heavy (non-hydrogen) atoms. The van der Waals surface area contributed by atoms with E-state index in [4.69, 9.17) is 5.73 Å². The zero-order valence-electron chi connectivity index (χ0n) is 19.9. The number of carbonyl (C=O) groups is 5. The minimum atomic E-state index is -0.813. The Labute approximate surface area is 207 Å². The van der Waals surface area contributed by atoms with Crippen molar-refractivity contribution in [3.63, 3.8) is 0 Å². The summed E-state index contributed by atoms with van der Waals surface area (Å²) < 4.78 is 0. The second kappa shape index (κ2) is 10.7. The number of hydrogen-bond donors (Lipinski definition) is 3. The van der Waals surface area contributed by atoms with Crippen LogP contribution in [-0.2, 0) is 20.8 Å². The molecule has 0 spiro atoms. The van der Waals surface area contributed by atoms with E-state index < -0.39 is 36.0 Å². The fourth-order valence-electron chi connectivity index (χ4n) is 4.54. The van der Waals surface area contributed by atoms with Crippen LogP contribution in [0.3, 0.4) is 0 Å². The third kappa shape index (κ3) is 5.13. The molecule has 4 N–H and O–H groups in total. The smallest absolute Gasteiger partial charge is 0.333 e. The lowest BCUT2D eigenvalue weighted by atomic mass is 10.1. The lowest BCUT2D eigenvalue weighted by Crippen LogP contribution is -2.60. The summed E-state index contributed by atoms with van der Waals surface area (Å²) in [6.45, 7) is 0.434. The molecule has 1 aromatic heterocycles. The van der Waals surface area contributed by atoms with Crippen molar-refractivity contribution in [2.45, 2.75) is 43.8 Å². The molecule has 1 unspecified atom stereocenters. The maximum Gasteiger partial charge on any atom is 0.333 e.